The molecule has 2 heterocycles. The molecule has 0 saturated carbocycles. The van der Waals surface area contributed by atoms with Gasteiger partial charge in [-0.1, -0.05) is 12.1 Å². The van der Waals surface area contributed by atoms with Gasteiger partial charge in [0.15, 0.2) is 11.5 Å². The van der Waals surface area contributed by atoms with Crippen molar-refractivity contribution in [2.75, 3.05) is 24.6 Å². The Kier molecular flexibility index (Phi) is 4.53. The fourth-order valence-corrected chi connectivity index (χ4v) is 4.44. The van der Waals surface area contributed by atoms with E-state index in [0.717, 1.165) is 11.3 Å². The first-order chi connectivity index (χ1) is 12.9. The number of amides is 1. The van der Waals surface area contributed by atoms with Gasteiger partial charge in [-0.3, -0.25) is 4.79 Å². The molecule has 1 N–H and O–H groups in total. The van der Waals surface area contributed by atoms with E-state index >= 15 is 0 Å². The third-order valence-electron chi connectivity index (χ3n) is 4.71. The summed E-state index contributed by atoms with van der Waals surface area (Å²) >= 11 is 0. The monoisotopic (exact) mass is 388 g/mol. The molecule has 4 rings (SSSR count). The predicted molar refractivity (Wildman–Crippen MR) is 99.7 cm³/mol. The van der Waals surface area contributed by atoms with E-state index in [9.17, 15) is 13.2 Å². The zero-order valence-corrected chi connectivity index (χ0v) is 15.7. The van der Waals surface area contributed by atoms with Gasteiger partial charge in [-0.05, 0) is 42.3 Å². The van der Waals surface area contributed by atoms with Crippen molar-refractivity contribution in [3.8, 4) is 11.5 Å². The summed E-state index contributed by atoms with van der Waals surface area (Å²) in [6.45, 7) is 2.46. The summed E-state index contributed by atoms with van der Waals surface area (Å²) in [6, 6.07) is 12.1. The minimum absolute atomic E-state index is 0.0442. The Labute approximate surface area is 157 Å². The summed E-state index contributed by atoms with van der Waals surface area (Å²) < 4.78 is 39.3. The van der Waals surface area contributed by atoms with Gasteiger partial charge in [0.05, 0.1) is 11.4 Å². The molecule has 7 nitrogen and oxygen atoms in total. The SMILES string of the molecule is CC(=O)N1CCc2cc(S(=O)(=O)NCC3COc4ccccc4O3)ccc21. The van der Waals surface area contributed by atoms with Crippen LogP contribution in [0.1, 0.15) is 12.5 Å². The summed E-state index contributed by atoms with van der Waals surface area (Å²) in [5.74, 6) is 1.22. The van der Waals surface area contributed by atoms with Crippen molar-refractivity contribution >= 4 is 21.6 Å². The molecule has 2 aromatic rings. The largest absolute Gasteiger partial charge is 0.486 e. The Morgan fingerprint density at radius 2 is 2.00 bits per heavy atom. The molecular weight excluding hydrogens is 368 g/mol. The molecular formula is C19H20N2O5S. The van der Waals surface area contributed by atoms with E-state index in [-0.39, 0.29) is 24.0 Å². The number of fused-ring (bicyclic) bond motifs is 2. The molecule has 0 aliphatic carbocycles. The van der Waals surface area contributed by atoms with Gasteiger partial charge in [0.1, 0.15) is 12.7 Å². The maximum absolute atomic E-state index is 12.6. The van der Waals surface area contributed by atoms with Gasteiger partial charge in [-0.25, -0.2) is 13.1 Å². The third kappa shape index (κ3) is 3.50. The number of rotatable bonds is 4. The zero-order chi connectivity index (χ0) is 19.0. The highest BCUT2D eigenvalue weighted by molar-refractivity contribution is 7.89. The minimum atomic E-state index is -3.69. The van der Waals surface area contributed by atoms with Gasteiger partial charge in [-0.2, -0.15) is 0 Å². The van der Waals surface area contributed by atoms with Crippen LogP contribution in [-0.2, 0) is 21.2 Å². The minimum Gasteiger partial charge on any atom is -0.486 e. The molecule has 1 atom stereocenters. The highest BCUT2D eigenvalue weighted by Gasteiger charge is 2.26. The highest BCUT2D eigenvalue weighted by atomic mass is 32.2. The van der Waals surface area contributed by atoms with Crippen molar-refractivity contribution in [1.29, 1.82) is 0 Å². The van der Waals surface area contributed by atoms with Gasteiger partial charge < -0.3 is 14.4 Å². The number of hydrogen-bond acceptors (Lipinski definition) is 5. The van der Waals surface area contributed by atoms with Gasteiger partial charge >= 0.3 is 0 Å². The molecule has 2 aliphatic rings. The molecule has 1 unspecified atom stereocenters. The molecule has 0 bridgehead atoms. The normalized spacial score (nSPS) is 18.3. The summed E-state index contributed by atoms with van der Waals surface area (Å²) in [5.41, 5.74) is 1.64. The maximum Gasteiger partial charge on any atom is 0.240 e. The number of carbonyl (C=O) groups is 1. The van der Waals surface area contributed by atoms with Crippen LogP contribution in [0.4, 0.5) is 5.69 Å². The number of para-hydroxylation sites is 2. The van der Waals surface area contributed by atoms with Crippen molar-refractivity contribution < 1.29 is 22.7 Å². The molecule has 2 aliphatic heterocycles. The van der Waals surface area contributed by atoms with E-state index in [0.29, 0.717) is 24.5 Å². The molecule has 1 amide bonds. The number of carbonyl (C=O) groups excluding carboxylic acids is 1. The number of nitrogens with one attached hydrogen (secondary N) is 1. The van der Waals surface area contributed by atoms with Crippen molar-refractivity contribution in [1.82, 2.24) is 4.72 Å². The highest BCUT2D eigenvalue weighted by Crippen LogP contribution is 2.32. The van der Waals surface area contributed by atoms with E-state index in [1.54, 1.807) is 23.1 Å². The average Bonchev–Trinajstić information content (AvgIpc) is 3.10. The molecule has 0 spiro atoms. The number of anilines is 1. The lowest BCUT2D eigenvalue weighted by molar-refractivity contribution is -0.116. The second kappa shape index (κ2) is 6.86. The van der Waals surface area contributed by atoms with Crippen molar-refractivity contribution in [2.24, 2.45) is 0 Å². The first-order valence-electron chi connectivity index (χ1n) is 8.73. The number of ether oxygens (including phenoxy) is 2. The van der Waals surface area contributed by atoms with Crippen LogP contribution in [0.5, 0.6) is 11.5 Å². The Balaban J connectivity index is 1.45. The van der Waals surface area contributed by atoms with Crippen LogP contribution < -0.4 is 19.1 Å². The molecule has 2 aromatic carbocycles. The van der Waals surface area contributed by atoms with Crippen molar-refractivity contribution in [3.63, 3.8) is 0 Å². The van der Waals surface area contributed by atoms with Gasteiger partial charge in [-0.15, -0.1) is 0 Å². The molecule has 8 heteroatoms. The van der Waals surface area contributed by atoms with Crippen molar-refractivity contribution in [3.05, 3.63) is 48.0 Å². The quantitative estimate of drug-likeness (QED) is 0.862. The standard InChI is InChI=1S/C19H20N2O5S/c1-13(22)21-9-8-14-10-16(6-7-17(14)21)27(23,24)20-11-15-12-25-18-4-2-3-5-19(18)26-15/h2-7,10,15,20H,8-9,11-12H2,1H3. The average molecular weight is 388 g/mol. The lowest BCUT2D eigenvalue weighted by Gasteiger charge is -2.26. The van der Waals surface area contributed by atoms with Crippen LogP contribution >= 0.6 is 0 Å². The molecule has 27 heavy (non-hydrogen) atoms. The van der Waals surface area contributed by atoms with E-state index in [4.69, 9.17) is 9.47 Å². The molecule has 142 valence electrons. The fraction of sp³-hybridized carbons (Fsp3) is 0.316. The zero-order valence-electron chi connectivity index (χ0n) is 14.8. The van der Waals surface area contributed by atoms with Crippen LogP contribution in [0.25, 0.3) is 0 Å². The van der Waals surface area contributed by atoms with E-state index in [1.807, 2.05) is 18.2 Å². The van der Waals surface area contributed by atoms with Crippen LogP contribution in [-0.4, -0.2) is 40.1 Å². The number of hydrogen-bond donors (Lipinski definition) is 1. The molecule has 0 aromatic heterocycles. The topological polar surface area (TPSA) is 84.9 Å². The molecule has 0 saturated heterocycles. The van der Waals surface area contributed by atoms with Gasteiger partial charge in [0, 0.05) is 19.2 Å². The number of benzene rings is 2. The van der Waals surface area contributed by atoms with E-state index in [1.165, 1.54) is 13.0 Å². The summed E-state index contributed by atoms with van der Waals surface area (Å²) in [6.07, 6.45) is 0.242. The summed E-state index contributed by atoms with van der Waals surface area (Å²) in [7, 11) is -3.69. The molecule has 0 fully saturated rings. The van der Waals surface area contributed by atoms with Gasteiger partial charge in [0.2, 0.25) is 15.9 Å². The first-order valence-corrected chi connectivity index (χ1v) is 10.2. The van der Waals surface area contributed by atoms with E-state index < -0.39 is 16.1 Å². The first kappa shape index (κ1) is 17.8. The lowest BCUT2D eigenvalue weighted by Crippen LogP contribution is -2.40. The van der Waals surface area contributed by atoms with Gasteiger partial charge in [0.25, 0.3) is 0 Å². The van der Waals surface area contributed by atoms with E-state index in [2.05, 4.69) is 4.72 Å². The summed E-state index contributed by atoms with van der Waals surface area (Å²) in [5, 5.41) is 0. The molecule has 0 radical (unpaired) electrons. The Morgan fingerprint density at radius 1 is 1.22 bits per heavy atom. The lowest BCUT2D eigenvalue weighted by atomic mass is 10.2. The van der Waals surface area contributed by atoms with Crippen LogP contribution in [0.15, 0.2) is 47.4 Å². The predicted octanol–water partition coefficient (Wildman–Crippen LogP) is 1.71. The Hall–Kier alpha value is -2.58. The van der Waals surface area contributed by atoms with Crippen LogP contribution in [0.3, 0.4) is 0 Å². The number of nitrogens with zero attached hydrogens (tertiary/aromatic N) is 1. The smallest absolute Gasteiger partial charge is 0.240 e. The summed E-state index contributed by atoms with van der Waals surface area (Å²) in [4.78, 5) is 13.5. The third-order valence-corrected chi connectivity index (χ3v) is 6.13. The van der Waals surface area contributed by atoms with Crippen LogP contribution in [0.2, 0.25) is 0 Å². The fourth-order valence-electron chi connectivity index (χ4n) is 3.32. The van der Waals surface area contributed by atoms with Crippen molar-refractivity contribution in [2.45, 2.75) is 24.3 Å². The maximum atomic E-state index is 12.6. The Bertz CT molecular complexity index is 989. The van der Waals surface area contributed by atoms with Crippen LogP contribution in [0, 0.1) is 0 Å². The Morgan fingerprint density at radius 3 is 2.78 bits per heavy atom. The number of sulfonamides is 1. The second-order valence-electron chi connectivity index (χ2n) is 6.56. The second-order valence-corrected chi connectivity index (χ2v) is 8.33.